The molecule has 0 spiro atoms. The number of carbonyl (C=O) groups is 1. The Morgan fingerprint density at radius 2 is 1.97 bits per heavy atom. The second-order valence-corrected chi connectivity index (χ2v) is 8.24. The normalized spacial score (nSPS) is 15.4. The number of carbonyl (C=O) groups excluding carboxylic acids is 1. The molecule has 1 aliphatic rings. The summed E-state index contributed by atoms with van der Waals surface area (Å²) in [6.07, 6.45) is 0.740. The van der Waals surface area contributed by atoms with E-state index in [1.165, 1.54) is 0 Å². The summed E-state index contributed by atoms with van der Waals surface area (Å²) in [5.74, 6) is 0.721. The van der Waals surface area contributed by atoms with Gasteiger partial charge in [-0.05, 0) is 49.7 Å². The molecule has 0 aliphatic carbocycles. The van der Waals surface area contributed by atoms with Gasteiger partial charge >= 0.3 is 0 Å². The zero-order valence-corrected chi connectivity index (χ0v) is 18.1. The number of benzene rings is 2. The number of ether oxygens (including phenoxy) is 1. The number of halogens is 1. The highest BCUT2D eigenvalue weighted by Crippen LogP contribution is 2.33. The lowest BCUT2D eigenvalue weighted by Gasteiger charge is -2.26. The molecule has 5 rings (SSSR count). The number of hydrogen-bond acceptors (Lipinski definition) is 3. The molecule has 0 bridgehead atoms. The maximum Gasteiger partial charge on any atom is 0.253 e. The molecule has 5 nitrogen and oxygen atoms in total. The number of amides is 1. The van der Waals surface area contributed by atoms with E-state index >= 15 is 0 Å². The minimum atomic E-state index is -0.112. The van der Waals surface area contributed by atoms with Gasteiger partial charge in [0, 0.05) is 22.6 Å². The smallest absolute Gasteiger partial charge is 0.253 e. The molecule has 1 aliphatic heterocycles. The van der Waals surface area contributed by atoms with E-state index in [-0.39, 0.29) is 11.9 Å². The Hall–Kier alpha value is -3.31. The van der Waals surface area contributed by atoms with E-state index in [0.717, 1.165) is 45.8 Å². The molecular weight excluding hydrogens is 410 g/mol. The summed E-state index contributed by atoms with van der Waals surface area (Å²) in [6.45, 7) is 4.48. The van der Waals surface area contributed by atoms with Gasteiger partial charge in [0.2, 0.25) is 0 Å². The van der Waals surface area contributed by atoms with Gasteiger partial charge in [0.15, 0.2) is 0 Å². The standard InChI is InChI=1S/C25H22ClN3O2/c1-15-24(17-6-5-7-18(26)14-17)22-11-10-19(16(2)29(22)28-15)25(30)27-21-12-13-31-23-9-4-3-8-20(21)23/h3-11,14,21H,12-13H2,1-2H3,(H,27,30)/t21-/m0/s1. The number of para-hydroxylation sites is 1. The second kappa shape index (κ2) is 7.75. The van der Waals surface area contributed by atoms with Crippen molar-refractivity contribution in [1.82, 2.24) is 14.9 Å². The molecule has 1 atom stereocenters. The van der Waals surface area contributed by atoms with Crippen LogP contribution < -0.4 is 10.1 Å². The van der Waals surface area contributed by atoms with Gasteiger partial charge in [0.25, 0.3) is 5.91 Å². The van der Waals surface area contributed by atoms with Gasteiger partial charge in [-0.3, -0.25) is 4.79 Å². The van der Waals surface area contributed by atoms with Crippen LogP contribution in [0.15, 0.2) is 60.7 Å². The van der Waals surface area contributed by atoms with Crippen molar-refractivity contribution in [2.24, 2.45) is 0 Å². The fraction of sp³-hybridized carbons (Fsp3) is 0.200. The predicted molar refractivity (Wildman–Crippen MR) is 122 cm³/mol. The summed E-state index contributed by atoms with van der Waals surface area (Å²) in [7, 11) is 0. The fourth-order valence-electron chi connectivity index (χ4n) is 4.32. The Morgan fingerprint density at radius 3 is 2.81 bits per heavy atom. The lowest BCUT2D eigenvalue weighted by molar-refractivity contribution is 0.0923. The van der Waals surface area contributed by atoms with Gasteiger partial charge < -0.3 is 10.1 Å². The lowest BCUT2D eigenvalue weighted by Crippen LogP contribution is -2.32. The average molecular weight is 432 g/mol. The molecule has 156 valence electrons. The van der Waals surface area contributed by atoms with Crippen LogP contribution in [0.3, 0.4) is 0 Å². The molecule has 2 aromatic heterocycles. The van der Waals surface area contributed by atoms with Gasteiger partial charge in [-0.1, -0.05) is 41.9 Å². The number of rotatable bonds is 3. The van der Waals surface area contributed by atoms with Gasteiger partial charge in [-0.2, -0.15) is 5.10 Å². The number of hydrogen-bond donors (Lipinski definition) is 1. The van der Waals surface area contributed by atoms with E-state index in [4.69, 9.17) is 21.4 Å². The zero-order valence-electron chi connectivity index (χ0n) is 17.4. The summed E-state index contributed by atoms with van der Waals surface area (Å²) in [4.78, 5) is 13.2. The van der Waals surface area contributed by atoms with Crippen molar-refractivity contribution in [2.45, 2.75) is 26.3 Å². The Balaban J connectivity index is 1.51. The van der Waals surface area contributed by atoms with Gasteiger partial charge in [-0.25, -0.2) is 4.52 Å². The highest BCUT2D eigenvalue weighted by molar-refractivity contribution is 6.30. The third kappa shape index (κ3) is 3.45. The number of aryl methyl sites for hydroxylation is 2. The van der Waals surface area contributed by atoms with Gasteiger partial charge in [0.05, 0.1) is 35.1 Å². The predicted octanol–water partition coefficient (Wildman–Crippen LogP) is 5.53. The molecule has 31 heavy (non-hydrogen) atoms. The molecule has 0 saturated carbocycles. The van der Waals surface area contributed by atoms with Crippen LogP contribution in [0.1, 0.15) is 39.8 Å². The van der Waals surface area contributed by atoms with Crippen molar-refractivity contribution in [2.75, 3.05) is 6.61 Å². The number of nitrogens with zero attached hydrogens (tertiary/aromatic N) is 2. The van der Waals surface area contributed by atoms with E-state index in [9.17, 15) is 4.79 Å². The molecule has 0 unspecified atom stereocenters. The molecule has 3 heterocycles. The number of nitrogens with one attached hydrogen (secondary N) is 1. The summed E-state index contributed by atoms with van der Waals surface area (Å²) in [5, 5.41) is 8.58. The fourth-order valence-corrected chi connectivity index (χ4v) is 4.51. The van der Waals surface area contributed by atoms with Crippen molar-refractivity contribution in [3.63, 3.8) is 0 Å². The van der Waals surface area contributed by atoms with E-state index in [2.05, 4.69) is 5.32 Å². The first-order valence-corrected chi connectivity index (χ1v) is 10.7. The molecular formula is C25H22ClN3O2. The summed E-state index contributed by atoms with van der Waals surface area (Å²) in [6, 6.07) is 19.4. The van der Waals surface area contributed by atoms with Crippen molar-refractivity contribution in [3.8, 4) is 16.9 Å². The van der Waals surface area contributed by atoms with Crippen molar-refractivity contribution in [3.05, 3.63) is 88.2 Å². The van der Waals surface area contributed by atoms with Gasteiger partial charge in [-0.15, -0.1) is 0 Å². The molecule has 6 heteroatoms. The van der Waals surface area contributed by atoms with E-state index in [1.54, 1.807) is 0 Å². The van der Waals surface area contributed by atoms with Crippen molar-refractivity contribution < 1.29 is 9.53 Å². The van der Waals surface area contributed by atoms with Crippen LogP contribution in [0.25, 0.3) is 16.6 Å². The first-order valence-electron chi connectivity index (χ1n) is 10.3. The Kier molecular flexibility index (Phi) is 4.91. The first kappa shape index (κ1) is 19.6. The topological polar surface area (TPSA) is 55.6 Å². The van der Waals surface area contributed by atoms with Crippen LogP contribution in [-0.2, 0) is 0 Å². The highest BCUT2D eigenvalue weighted by atomic mass is 35.5. The Labute approximate surface area is 185 Å². The van der Waals surface area contributed by atoms with Crippen LogP contribution in [0.4, 0.5) is 0 Å². The van der Waals surface area contributed by atoms with E-state index in [1.807, 2.05) is 79.0 Å². The Morgan fingerprint density at radius 1 is 1.13 bits per heavy atom. The van der Waals surface area contributed by atoms with E-state index < -0.39 is 0 Å². The van der Waals surface area contributed by atoms with Gasteiger partial charge in [0.1, 0.15) is 5.75 Å². The highest BCUT2D eigenvalue weighted by Gasteiger charge is 2.24. The third-order valence-electron chi connectivity index (χ3n) is 5.83. The van der Waals surface area contributed by atoms with Crippen molar-refractivity contribution in [1.29, 1.82) is 0 Å². The number of aromatic nitrogens is 2. The zero-order chi connectivity index (χ0) is 21.5. The number of fused-ring (bicyclic) bond motifs is 2. The molecule has 4 aromatic rings. The molecule has 0 radical (unpaired) electrons. The quantitative estimate of drug-likeness (QED) is 0.464. The van der Waals surface area contributed by atoms with Crippen LogP contribution in [0.5, 0.6) is 5.75 Å². The minimum Gasteiger partial charge on any atom is -0.493 e. The second-order valence-electron chi connectivity index (χ2n) is 7.80. The Bertz CT molecular complexity index is 1310. The monoisotopic (exact) mass is 431 g/mol. The number of pyridine rings is 1. The summed E-state index contributed by atoms with van der Waals surface area (Å²) in [5.41, 5.74) is 6.29. The summed E-state index contributed by atoms with van der Waals surface area (Å²) >= 11 is 6.20. The maximum absolute atomic E-state index is 13.2. The third-order valence-corrected chi connectivity index (χ3v) is 6.07. The lowest BCUT2D eigenvalue weighted by atomic mass is 10.00. The SMILES string of the molecule is Cc1nn2c(C)c(C(=O)N[C@H]3CCOc4ccccc43)ccc2c1-c1cccc(Cl)c1. The maximum atomic E-state index is 13.2. The van der Waals surface area contributed by atoms with Crippen molar-refractivity contribution >= 4 is 23.0 Å². The largest absolute Gasteiger partial charge is 0.493 e. The van der Waals surface area contributed by atoms with Crippen LogP contribution >= 0.6 is 11.6 Å². The van der Waals surface area contributed by atoms with Crippen LogP contribution in [-0.4, -0.2) is 22.1 Å². The molecule has 0 fully saturated rings. The average Bonchev–Trinajstić information content (AvgIpc) is 3.11. The molecule has 0 saturated heterocycles. The summed E-state index contributed by atoms with van der Waals surface area (Å²) < 4.78 is 7.56. The molecule has 2 aromatic carbocycles. The molecule has 1 amide bonds. The first-order chi connectivity index (χ1) is 15.0. The van der Waals surface area contributed by atoms with Crippen LogP contribution in [0.2, 0.25) is 5.02 Å². The molecule has 1 N–H and O–H groups in total. The minimum absolute atomic E-state index is 0.0751. The van der Waals surface area contributed by atoms with E-state index in [0.29, 0.717) is 17.2 Å². The van der Waals surface area contributed by atoms with Crippen LogP contribution in [0, 0.1) is 13.8 Å².